The van der Waals surface area contributed by atoms with Gasteiger partial charge in [0.05, 0.1) is 6.61 Å². The van der Waals surface area contributed by atoms with Gasteiger partial charge in [-0.05, 0) is 18.6 Å². The lowest BCUT2D eigenvalue weighted by molar-refractivity contribution is 0.199. The van der Waals surface area contributed by atoms with Crippen LogP contribution in [0.5, 0.6) is 0 Å². The van der Waals surface area contributed by atoms with Gasteiger partial charge in [0.1, 0.15) is 0 Å². The molecule has 0 radical (unpaired) electrons. The number of aromatic nitrogens is 1. The van der Waals surface area contributed by atoms with Crippen LogP contribution < -0.4 is 5.32 Å². The summed E-state index contributed by atoms with van der Waals surface area (Å²) in [6.45, 7) is 0.850. The summed E-state index contributed by atoms with van der Waals surface area (Å²) in [5.74, 6) is 0. The molecule has 0 bridgehead atoms. The Balaban J connectivity index is 2.23. The highest BCUT2D eigenvalue weighted by atomic mass is 16.3. The third-order valence-corrected chi connectivity index (χ3v) is 1.94. The molecule has 4 nitrogen and oxygen atoms in total. The van der Waals surface area contributed by atoms with Crippen LogP contribution in [0.15, 0.2) is 18.3 Å². The van der Waals surface area contributed by atoms with E-state index in [0.29, 0.717) is 13.0 Å². The zero-order valence-corrected chi connectivity index (χ0v) is 7.53. The monoisotopic (exact) mass is 184 g/mol. The number of H-pyrrole nitrogens is 1. The summed E-state index contributed by atoms with van der Waals surface area (Å²) >= 11 is 0. The number of aliphatic hydroxyl groups excluding tert-OH is 2. The van der Waals surface area contributed by atoms with E-state index in [1.807, 2.05) is 18.3 Å². The van der Waals surface area contributed by atoms with Crippen LogP contribution in [0.25, 0.3) is 0 Å². The molecule has 1 heterocycles. The number of nitrogens with one attached hydrogen (secondary N) is 2. The second-order valence-corrected chi connectivity index (χ2v) is 2.97. The Morgan fingerprint density at radius 2 is 2.31 bits per heavy atom. The Labute approximate surface area is 77.6 Å². The van der Waals surface area contributed by atoms with Crippen LogP contribution in [-0.2, 0) is 6.54 Å². The normalized spacial score (nSPS) is 13.1. The molecule has 0 saturated heterocycles. The van der Waals surface area contributed by atoms with Gasteiger partial charge < -0.3 is 20.5 Å². The van der Waals surface area contributed by atoms with Crippen LogP contribution in [0.2, 0.25) is 0 Å². The fourth-order valence-corrected chi connectivity index (χ4v) is 1.15. The van der Waals surface area contributed by atoms with Crippen molar-refractivity contribution in [3.8, 4) is 0 Å². The quantitative estimate of drug-likeness (QED) is 0.497. The molecule has 1 aromatic heterocycles. The summed E-state index contributed by atoms with van der Waals surface area (Å²) < 4.78 is 0. The van der Waals surface area contributed by atoms with Gasteiger partial charge >= 0.3 is 0 Å². The van der Waals surface area contributed by atoms with Crippen molar-refractivity contribution in [3.05, 3.63) is 24.0 Å². The molecule has 4 heteroatoms. The Bertz CT molecular complexity index is 211. The molecular formula is C9H16N2O2. The highest BCUT2D eigenvalue weighted by molar-refractivity contribution is 5.03. The van der Waals surface area contributed by atoms with Crippen molar-refractivity contribution in [2.75, 3.05) is 13.2 Å². The zero-order valence-electron chi connectivity index (χ0n) is 7.53. The molecule has 4 N–H and O–H groups in total. The van der Waals surface area contributed by atoms with E-state index < -0.39 is 0 Å². The molecule has 0 fully saturated rings. The van der Waals surface area contributed by atoms with Gasteiger partial charge in [-0.3, -0.25) is 0 Å². The molecule has 0 aliphatic rings. The van der Waals surface area contributed by atoms with E-state index in [4.69, 9.17) is 10.2 Å². The van der Waals surface area contributed by atoms with E-state index in [-0.39, 0.29) is 19.3 Å². The van der Waals surface area contributed by atoms with Crippen LogP contribution in [0.1, 0.15) is 12.1 Å². The van der Waals surface area contributed by atoms with Gasteiger partial charge in [0, 0.05) is 31.1 Å². The zero-order chi connectivity index (χ0) is 9.52. The molecular weight excluding hydrogens is 168 g/mol. The maximum atomic E-state index is 8.90. The van der Waals surface area contributed by atoms with Gasteiger partial charge in [0.2, 0.25) is 0 Å². The summed E-state index contributed by atoms with van der Waals surface area (Å²) in [5, 5.41) is 20.7. The lowest BCUT2D eigenvalue weighted by atomic mass is 10.2. The largest absolute Gasteiger partial charge is 0.396 e. The molecule has 1 aromatic rings. The first-order valence-corrected chi connectivity index (χ1v) is 4.44. The molecule has 1 atom stereocenters. The molecule has 0 spiro atoms. The third kappa shape index (κ3) is 3.59. The Morgan fingerprint density at radius 1 is 1.46 bits per heavy atom. The van der Waals surface area contributed by atoms with Crippen LogP contribution >= 0.6 is 0 Å². The van der Waals surface area contributed by atoms with Gasteiger partial charge in [0.15, 0.2) is 0 Å². The van der Waals surface area contributed by atoms with Crippen molar-refractivity contribution >= 4 is 0 Å². The van der Waals surface area contributed by atoms with Crippen LogP contribution in [-0.4, -0.2) is 34.5 Å². The number of aliphatic hydroxyl groups is 2. The van der Waals surface area contributed by atoms with E-state index in [0.717, 1.165) is 5.69 Å². The minimum Gasteiger partial charge on any atom is -0.396 e. The maximum Gasteiger partial charge on any atom is 0.0585 e. The molecule has 1 rings (SSSR count). The van der Waals surface area contributed by atoms with Crippen molar-refractivity contribution in [1.82, 2.24) is 10.3 Å². The van der Waals surface area contributed by atoms with Gasteiger partial charge in [0.25, 0.3) is 0 Å². The Morgan fingerprint density at radius 3 is 2.85 bits per heavy atom. The van der Waals surface area contributed by atoms with Gasteiger partial charge in [-0.25, -0.2) is 0 Å². The predicted molar refractivity (Wildman–Crippen MR) is 50.2 cm³/mol. The van der Waals surface area contributed by atoms with E-state index >= 15 is 0 Å². The van der Waals surface area contributed by atoms with Crippen molar-refractivity contribution in [2.45, 2.75) is 19.0 Å². The van der Waals surface area contributed by atoms with E-state index in [1.54, 1.807) is 0 Å². The van der Waals surface area contributed by atoms with Gasteiger partial charge in [-0.2, -0.15) is 0 Å². The fourth-order valence-electron chi connectivity index (χ4n) is 1.15. The molecule has 1 unspecified atom stereocenters. The third-order valence-electron chi connectivity index (χ3n) is 1.94. The maximum absolute atomic E-state index is 8.90. The highest BCUT2D eigenvalue weighted by Crippen LogP contribution is 1.96. The fraction of sp³-hybridized carbons (Fsp3) is 0.556. The first-order chi connectivity index (χ1) is 6.36. The number of hydrogen-bond donors (Lipinski definition) is 4. The SMILES string of the molecule is OCCC(CO)NCc1ccc[nH]1. The summed E-state index contributed by atoms with van der Waals surface area (Å²) in [6.07, 6.45) is 2.44. The minimum atomic E-state index is -0.0201. The van der Waals surface area contributed by atoms with Gasteiger partial charge in [-0.1, -0.05) is 0 Å². The van der Waals surface area contributed by atoms with Crippen LogP contribution in [0.4, 0.5) is 0 Å². The summed E-state index contributed by atoms with van der Waals surface area (Å²) in [6, 6.07) is 3.88. The molecule has 0 saturated carbocycles. The second kappa shape index (κ2) is 5.75. The number of hydrogen-bond acceptors (Lipinski definition) is 3. The Hall–Kier alpha value is -0.840. The minimum absolute atomic E-state index is 0.0201. The van der Waals surface area contributed by atoms with Crippen LogP contribution in [0, 0.1) is 0 Å². The predicted octanol–water partition coefficient (Wildman–Crippen LogP) is -0.152. The summed E-state index contributed by atoms with van der Waals surface area (Å²) in [7, 11) is 0. The topological polar surface area (TPSA) is 68.3 Å². The van der Waals surface area contributed by atoms with E-state index in [1.165, 1.54) is 0 Å². The lowest BCUT2D eigenvalue weighted by Crippen LogP contribution is -2.32. The molecule has 0 aliphatic heterocycles. The molecule has 0 aromatic carbocycles. The number of aromatic amines is 1. The second-order valence-electron chi connectivity index (χ2n) is 2.97. The average Bonchev–Trinajstić information content (AvgIpc) is 2.64. The first-order valence-electron chi connectivity index (χ1n) is 4.44. The van der Waals surface area contributed by atoms with Crippen molar-refractivity contribution in [3.63, 3.8) is 0 Å². The molecule has 13 heavy (non-hydrogen) atoms. The molecule has 0 amide bonds. The highest BCUT2D eigenvalue weighted by Gasteiger charge is 2.05. The van der Waals surface area contributed by atoms with E-state index in [2.05, 4.69) is 10.3 Å². The summed E-state index contributed by atoms with van der Waals surface area (Å²) in [4.78, 5) is 3.05. The van der Waals surface area contributed by atoms with Crippen LogP contribution in [0.3, 0.4) is 0 Å². The standard InChI is InChI=1S/C9H16N2O2/c12-5-3-9(7-13)11-6-8-2-1-4-10-8/h1-2,4,9-13H,3,5-7H2. The lowest BCUT2D eigenvalue weighted by Gasteiger charge is -2.13. The first kappa shape index (κ1) is 10.2. The van der Waals surface area contributed by atoms with Crippen molar-refractivity contribution in [2.24, 2.45) is 0 Å². The molecule has 0 aliphatic carbocycles. The summed E-state index contributed by atoms with van der Waals surface area (Å²) in [5.41, 5.74) is 1.08. The smallest absolute Gasteiger partial charge is 0.0585 e. The van der Waals surface area contributed by atoms with Crippen molar-refractivity contribution < 1.29 is 10.2 Å². The van der Waals surface area contributed by atoms with E-state index in [9.17, 15) is 0 Å². The number of rotatable bonds is 6. The van der Waals surface area contributed by atoms with Crippen molar-refractivity contribution in [1.29, 1.82) is 0 Å². The molecule has 74 valence electrons. The van der Waals surface area contributed by atoms with Gasteiger partial charge in [-0.15, -0.1) is 0 Å². The average molecular weight is 184 g/mol. The Kier molecular flexibility index (Phi) is 4.53.